The molecule has 0 aromatic heterocycles. The maximum Gasteiger partial charge on any atom is 0.0393 e. The summed E-state index contributed by atoms with van der Waals surface area (Å²) in [5.74, 6) is 0. The molecule has 3 aromatic carbocycles. The van der Waals surface area contributed by atoms with Gasteiger partial charge in [0.1, 0.15) is 0 Å². The van der Waals surface area contributed by atoms with Crippen LogP contribution in [0.2, 0.25) is 0 Å². The Balaban J connectivity index is 2.53. The van der Waals surface area contributed by atoms with E-state index in [1.54, 1.807) is 0 Å². The molecule has 0 amide bonds. The van der Waals surface area contributed by atoms with Gasteiger partial charge >= 0.3 is 0 Å². The standard InChI is InChI=1S/C14H10N/c15-14-7-3-6-12-8-10-4-1-2-5-11(10)9-13(12)14/h1,3-9H,15H2. The zero-order valence-electron chi connectivity index (χ0n) is 8.20. The summed E-state index contributed by atoms with van der Waals surface area (Å²) in [6, 6.07) is 19.3. The third kappa shape index (κ3) is 1.24. The fraction of sp³-hybridized carbons (Fsp3) is 0. The van der Waals surface area contributed by atoms with Crippen molar-refractivity contribution in [1.82, 2.24) is 0 Å². The Hall–Kier alpha value is -2.02. The molecule has 3 rings (SSSR count). The van der Waals surface area contributed by atoms with Gasteiger partial charge in [-0.15, -0.1) is 0 Å². The first-order valence-corrected chi connectivity index (χ1v) is 4.93. The van der Waals surface area contributed by atoms with Crippen molar-refractivity contribution < 1.29 is 0 Å². The normalized spacial score (nSPS) is 10.9. The average Bonchev–Trinajstić information content (AvgIpc) is 2.27. The minimum Gasteiger partial charge on any atom is -0.398 e. The second-order valence-corrected chi connectivity index (χ2v) is 3.69. The van der Waals surface area contributed by atoms with Crippen LogP contribution in [0.3, 0.4) is 0 Å². The molecule has 0 aliphatic heterocycles. The van der Waals surface area contributed by atoms with Gasteiger partial charge in [0.25, 0.3) is 0 Å². The van der Waals surface area contributed by atoms with Crippen molar-refractivity contribution in [3.63, 3.8) is 0 Å². The molecule has 0 aliphatic carbocycles. The quantitative estimate of drug-likeness (QED) is 0.429. The Kier molecular flexibility index (Phi) is 1.65. The summed E-state index contributed by atoms with van der Waals surface area (Å²) in [7, 11) is 0. The van der Waals surface area contributed by atoms with Crippen LogP contribution in [0.5, 0.6) is 0 Å². The lowest BCUT2D eigenvalue weighted by atomic mass is 10.0. The van der Waals surface area contributed by atoms with E-state index in [1.807, 2.05) is 24.3 Å². The van der Waals surface area contributed by atoms with E-state index in [1.165, 1.54) is 16.2 Å². The van der Waals surface area contributed by atoms with Gasteiger partial charge in [-0.1, -0.05) is 24.3 Å². The number of hydrogen-bond acceptors (Lipinski definition) is 1. The van der Waals surface area contributed by atoms with Gasteiger partial charge in [0.15, 0.2) is 0 Å². The summed E-state index contributed by atoms with van der Waals surface area (Å²) in [5.41, 5.74) is 6.77. The Morgan fingerprint density at radius 1 is 0.933 bits per heavy atom. The molecule has 0 saturated carbocycles. The van der Waals surface area contributed by atoms with Gasteiger partial charge in [0, 0.05) is 11.1 Å². The molecule has 0 fully saturated rings. The molecule has 0 atom stereocenters. The van der Waals surface area contributed by atoms with E-state index in [0.29, 0.717) is 0 Å². The molecule has 3 aromatic rings. The van der Waals surface area contributed by atoms with Crippen LogP contribution in [0.1, 0.15) is 0 Å². The van der Waals surface area contributed by atoms with Crippen LogP contribution < -0.4 is 5.73 Å². The van der Waals surface area contributed by atoms with E-state index < -0.39 is 0 Å². The molecule has 71 valence electrons. The molecule has 0 heterocycles. The minimum atomic E-state index is 0.832. The van der Waals surface area contributed by atoms with Gasteiger partial charge in [0.2, 0.25) is 0 Å². The van der Waals surface area contributed by atoms with E-state index >= 15 is 0 Å². The van der Waals surface area contributed by atoms with Crippen LogP contribution in [-0.2, 0) is 0 Å². The van der Waals surface area contributed by atoms with Crippen molar-refractivity contribution in [3.05, 3.63) is 54.6 Å². The molecule has 0 saturated heterocycles. The van der Waals surface area contributed by atoms with Gasteiger partial charge in [-0.25, -0.2) is 0 Å². The van der Waals surface area contributed by atoms with Crippen LogP contribution in [-0.4, -0.2) is 0 Å². The average molecular weight is 192 g/mol. The molecule has 1 radical (unpaired) electrons. The smallest absolute Gasteiger partial charge is 0.0393 e. The zero-order chi connectivity index (χ0) is 10.3. The molecule has 15 heavy (non-hydrogen) atoms. The number of nitrogen functional groups attached to an aromatic ring is 1. The van der Waals surface area contributed by atoms with Crippen LogP contribution >= 0.6 is 0 Å². The fourth-order valence-electron chi connectivity index (χ4n) is 1.93. The van der Waals surface area contributed by atoms with Crippen LogP contribution in [0.25, 0.3) is 21.5 Å². The number of hydrogen-bond donors (Lipinski definition) is 1. The van der Waals surface area contributed by atoms with Crippen molar-refractivity contribution in [2.75, 3.05) is 5.73 Å². The van der Waals surface area contributed by atoms with Crippen LogP contribution in [0, 0.1) is 6.07 Å². The number of anilines is 1. The third-order valence-corrected chi connectivity index (χ3v) is 2.72. The van der Waals surface area contributed by atoms with Gasteiger partial charge in [-0.05, 0) is 46.5 Å². The molecule has 0 bridgehead atoms. The molecule has 2 N–H and O–H groups in total. The van der Waals surface area contributed by atoms with E-state index in [0.717, 1.165) is 11.1 Å². The predicted molar refractivity (Wildman–Crippen MR) is 64.7 cm³/mol. The molecular formula is C14H10N. The molecule has 0 aliphatic rings. The number of nitrogens with two attached hydrogens (primary N) is 1. The van der Waals surface area contributed by atoms with Crippen molar-refractivity contribution in [2.24, 2.45) is 0 Å². The predicted octanol–water partition coefficient (Wildman–Crippen LogP) is 3.38. The lowest BCUT2D eigenvalue weighted by molar-refractivity contribution is 1.74. The first-order valence-electron chi connectivity index (χ1n) is 4.93. The zero-order valence-corrected chi connectivity index (χ0v) is 8.20. The van der Waals surface area contributed by atoms with Crippen LogP contribution in [0.15, 0.2) is 48.5 Å². The Labute approximate surface area is 88.1 Å². The van der Waals surface area contributed by atoms with Gasteiger partial charge in [-0.2, -0.15) is 0 Å². The molecule has 1 heteroatoms. The number of fused-ring (bicyclic) bond motifs is 2. The highest BCUT2D eigenvalue weighted by Gasteiger charge is 1.99. The van der Waals surface area contributed by atoms with Crippen molar-refractivity contribution >= 4 is 27.2 Å². The summed E-state index contributed by atoms with van der Waals surface area (Å²) < 4.78 is 0. The summed E-state index contributed by atoms with van der Waals surface area (Å²) >= 11 is 0. The first-order chi connectivity index (χ1) is 7.34. The van der Waals surface area contributed by atoms with E-state index in [2.05, 4.69) is 30.3 Å². The third-order valence-electron chi connectivity index (χ3n) is 2.72. The van der Waals surface area contributed by atoms with Gasteiger partial charge in [0.05, 0.1) is 0 Å². The van der Waals surface area contributed by atoms with Crippen molar-refractivity contribution in [3.8, 4) is 0 Å². The summed E-state index contributed by atoms with van der Waals surface area (Å²) in [5, 5.41) is 4.72. The minimum absolute atomic E-state index is 0.832. The summed E-state index contributed by atoms with van der Waals surface area (Å²) in [6.07, 6.45) is 0. The maximum absolute atomic E-state index is 5.94. The Bertz CT molecular complexity index is 641. The molecule has 1 nitrogen and oxygen atoms in total. The highest BCUT2D eigenvalue weighted by Crippen LogP contribution is 2.26. The van der Waals surface area contributed by atoms with Gasteiger partial charge in [-0.3, -0.25) is 0 Å². The second kappa shape index (κ2) is 2.99. The molecule has 0 unspecified atom stereocenters. The maximum atomic E-state index is 5.94. The van der Waals surface area contributed by atoms with E-state index in [9.17, 15) is 0 Å². The van der Waals surface area contributed by atoms with Crippen molar-refractivity contribution in [1.29, 1.82) is 0 Å². The Morgan fingerprint density at radius 3 is 2.80 bits per heavy atom. The first kappa shape index (κ1) is 8.30. The number of benzene rings is 3. The highest BCUT2D eigenvalue weighted by molar-refractivity contribution is 6.02. The van der Waals surface area contributed by atoms with Crippen molar-refractivity contribution in [2.45, 2.75) is 0 Å². The van der Waals surface area contributed by atoms with Crippen LogP contribution in [0.4, 0.5) is 5.69 Å². The second-order valence-electron chi connectivity index (χ2n) is 3.69. The largest absolute Gasteiger partial charge is 0.398 e. The topological polar surface area (TPSA) is 26.0 Å². The lowest BCUT2D eigenvalue weighted by Crippen LogP contribution is -1.86. The Morgan fingerprint density at radius 2 is 1.87 bits per heavy atom. The lowest BCUT2D eigenvalue weighted by Gasteiger charge is -2.04. The SMILES string of the molecule is Nc1cccc2cc3cc[c]cc3cc12. The summed E-state index contributed by atoms with van der Waals surface area (Å²) in [4.78, 5) is 0. The summed E-state index contributed by atoms with van der Waals surface area (Å²) in [6.45, 7) is 0. The van der Waals surface area contributed by atoms with E-state index in [4.69, 9.17) is 5.73 Å². The molecule has 0 spiro atoms. The monoisotopic (exact) mass is 192 g/mol. The van der Waals surface area contributed by atoms with Gasteiger partial charge < -0.3 is 5.73 Å². The molecular weight excluding hydrogens is 182 g/mol. The number of rotatable bonds is 0. The van der Waals surface area contributed by atoms with E-state index in [-0.39, 0.29) is 0 Å². The fourth-order valence-corrected chi connectivity index (χ4v) is 1.93. The highest BCUT2D eigenvalue weighted by atomic mass is 14.5.